The number of nitrogens with zero attached hydrogens (tertiary/aromatic N) is 2. The summed E-state index contributed by atoms with van der Waals surface area (Å²) >= 11 is 0. The lowest BCUT2D eigenvalue weighted by Gasteiger charge is -2.04. The zero-order chi connectivity index (χ0) is 10.2. The lowest BCUT2D eigenvalue weighted by molar-refractivity contribution is 0.122. The van der Waals surface area contributed by atoms with Crippen molar-refractivity contribution in [2.75, 3.05) is 13.2 Å². The first kappa shape index (κ1) is 10.9. The molecule has 0 amide bonds. The quantitative estimate of drug-likeness (QED) is 0.639. The summed E-state index contributed by atoms with van der Waals surface area (Å²) in [6.45, 7) is 4.04. The molecule has 1 rings (SSSR count). The average Bonchev–Trinajstić information content (AvgIpc) is 2.20. The highest BCUT2D eigenvalue weighted by molar-refractivity contribution is 4.80. The number of unbranched alkanes of at least 4 members (excludes halogenated alkanes) is 1. The topological polar surface area (TPSA) is 44.1 Å². The summed E-state index contributed by atoms with van der Waals surface area (Å²) in [6, 6.07) is 1.74. The Hall–Kier alpha value is -1.16. The minimum absolute atomic E-state index is 0.216. The number of rotatable bonds is 6. The van der Waals surface area contributed by atoms with Crippen LogP contribution in [0.25, 0.3) is 0 Å². The molecule has 0 bridgehead atoms. The third-order valence-electron chi connectivity index (χ3n) is 1.90. The molecule has 4 heteroatoms. The van der Waals surface area contributed by atoms with Crippen molar-refractivity contribution >= 4 is 0 Å². The molecule has 0 aliphatic heterocycles. The van der Waals surface area contributed by atoms with Gasteiger partial charge in [0.1, 0.15) is 0 Å². The summed E-state index contributed by atoms with van der Waals surface area (Å²) in [5, 5.41) is 0. The molecular weight excluding hydrogens is 180 g/mol. The van der Waals surface area contributed by atoms with E-state index in [0.717, 1.165) is 19.4 Å². The predicted molar refractivity (Wildman–Crippen MR) is 54.2 cm³/mol. The molecule has 0 aliphatic rings. The van der Waals surface area contributed by atoms with Crippen molar-refractivity contribution in [3.8, 4) is 0 Å². The van der Waals surface area contributed by atoms with Crippen LogP contribution in [0, 0.1) is 0 Å². The monoisotopic (exact) mass is 196 g/mol. The molecule has 0 N–H and O–H groups in total. The lowest BCUT2D eigenvalue weighted by Crippen LogP contribution is -2.23. The Labute approximate surface area is 83.5 Å². The van der Waals surface area contributed by atoms with Crippen LogP contribution in [0.15, 0.2) is 23.3 Å². The van der Waals surface area contributed by atoms with Crippen molar-refractivity contribution in [3.05, 3.63) is 28.9 Å². The fourth-order valence-electron chi connectivity index (χ4n) is 1.07. The minimum Gasteiger partial charge on any atom is -0.380 e. The van der Waals surface area contributed by atoms with Gasteiger partial charge >= 0.3 is 5.69 Å². The van der Waals surface area contributed by atoms with Crippen LogP contribution in [-0.4, -0.2) is 22.8 Å². The highest BCUT2D eigenvalue weighted by Crippen LogP contribution is 1.88. The van der Waals surface area contributed by atoms with Gasteiger partial charge in [0.15, 0.2) is 0 Å². The highest BCUT2D eigenvalue weighted by Gasteiger charge is 1.94. The second kappa shape index (κ2) is 6.32. The second-order valence-electron chi connectivity index (χ2n) is 3.06. The SMILES string of the molecule is CCCCOCCn1cccnc1=O. The normalized spacial score (nSPS) is 10.4. The van der Waals surface area contributed by atoms with E-state index < -0.39 is 0 Å². The summed E-state index contributed by atoms with van der Waals surface area (Å²) in [4.78, 5) is 14.8. The van der Waals surface area contributed by atoms with E-state index in [1.807, 2.05) is 0 Å². The van der Waals surface area contributed by atoms with Crippen LogP contribution in [0.5, 0.6) is 0 Å². The van der Waals surface area contributed by atoms with Crippen LogP contribution < -0.4 is 5.69 Å². The standard InChI is InChI=1S/C10H16N2O2/c1-2-3-8-14-9-7-12-6-4-5-11-10(12)13/h4-6H,2-3,7-9H2,1H3. The fourth-order valence-corrected chi connectivity index (χ4v) is 1.07. The maximum Gasteiger partial charge on any atom is 0.347 e. The summed E-state index contributed by atoms with van der Waals surface area (Å²) < 4.78 is 6.89. The zero-order valence-electron chi connectivity index (χ0n) is 8.48. The molecule has 1 heterocycles. The van der Waals surface area contributed by atoms with Crippen molar-refractivity contribution in [1.82, 2.24) is 9.55 Å². The predicted octanol–water partition coefficient (Wildman–Crippen LogP) is 1.06. The van der Waals surface area contributed by atoms with Crippen molar-refractivity contribution in [3.63, 3.8) is 0 Å². The third-order valence-corrected chi connectivity index (χ3v) is 1.90. The first-order chi connectivity index (χ1) is 6.84. The Morgan fingerprint density at radius 2 is 2.36 bits per heavy atom. The summed E-state index contributed by atoms with van der Waals surface area (Å²) in [7, 11) is 0. The van der Waals surface area contributed by atoms with Gasteiger partial charge in [-0.05, 0) is 12.5 Å². The molecule has 0 aromatic carbocycles. The van der Waals surface area contributed by atoms with Crippen LogP contribution in [0.3, 0.4) is 0 Å². The van der Waals surface area contributed by atoms with E-state index in [-0.39, 0.29) is 5.69 Å². The van der Waals surface area contributed by atoms with E-state index in [2.05, 4.69) is 11.9 Å². The number of ether oxygens (including phenoxy) is 1. The maximum absolute atomic E-state index is 11.1. The Morgan fingerprint density at radius 1 is 1.50 bits per heavy atom. The smallest absolute Gasteiger partial charge is 0.347 e. The van der Waals surface area contributed by atoms with Crippen LogP contribution in [0.4, 0.5) is 0 Å². The van der Waals surface area contributed by atoms with Crippen molar-refractivity contribution < 1.29 is 4.74 Å². The summed E-state index contributed by atoms with van der Waals surface area (Å²) in [5.41, 5.74) is -0.216. The first-order valence-corrected chi connectivity index (χ1v) is 4.94. The molecule has 0 fully saturated rings. The van der Waals surface area contributed by atoms with Crippen LogP contribution in [0.2, 0.25) is 0 Å². The Bertz CT molecular complexity index is 309. The van der Waals surface area contributed by atoms with E-state index in [0.29, 0.717) is 13.2 Å². The van der Waals surface area contributed by atoms with Gasteiger partial charge in [-0.1, -0.05) is 13.3 Å². The number of hydrogen-bond donors (Lipinski definition) is 0. The molecule has 0 radical (unpaired) electrons. The highest BCUT2D eigenvalue weighted by atomic mass is 16.5. The molecule has 1 aromatic rings. The molecule has 0 saturated carbocycles. The minimum atomic E-state index is -0.216. The van der Waals surface area contributed by atoms with Gasteiger partial charge in [-0.3, -0.25) is 4.57 Å². The van der Waals surface area contributed by atoms with E-state index in [1.165, 1.54) is 6.20 Å². The number of aromatic nitrogens is 2. The molecule has 4 nitrogen and oxygen atoms in total. The van der Waals surface area contributed by atoms with Gasteiger partial charge < -0.3 is 4.74 Å². The van der Waals surface area contributed by atoms with Crippen molar-refractivity contribution in [2.24, 2.45) is 0 Å². The van der Waals surface area contributed by atoms with Gasteiger partial charge in [0.25, 0.3) is 0 Å². The fraction of sp³-hybridized carbons (Fsp3) is 0.600. The molecule has 1 aromatic heterocycles. The van der Waals surface area contributed by atoms with Gasteiger partial charge in [-0.25, -0.2) is 9.78 Å². The van der Waals surface area contributed by atoms with Crippen LogP contribution >= 0.6 is 0 Å². The second-order valence-corrected chi connectivity index (χ2v) is 3.06. The zero-order valence-corrected chi connectivity index (χ0v) is 8.48. The third kappa shape index (κ3) is 3.70. The van der Waals surface area contributed by atoms with E-state index in [1.54, 1.807) is 16.8 Å². The van der Waals surface area contributed by atoms with Crippen LogP contribution in [0.1, 0.15) is 19.8 Å². The van der Waals surface area contributed by atoms with Gasteiger partial charge in [0.2, 0.25) is 0 Å². The van der Waals surface area contributed by atoms with Crippen molar-refractivity contribution in [2.45, 2.75) is 26.3 Å². The summed E-state index contributed by atoms with van der Waals surface area (Å²) in [5.74, 6) is 0. The summed E-state index contributed by atoms with van der Waals surface area (Å²) in [6.07, 6.45) is 5.42. The molecule has 0 atom stereocenters. The van der Waals surface area contributed by atoms with Crippen LogP contribution in [-0.2, 0) is 11.3 Å². The molecule has 0 aliphatic carbocycles. The Kier molecular flexibility index (Phi) is 4.93. The van der Waals surface area contributed by atoms with E-state index in [9.17, 15) is 4.79 Å². The lowest BCUT2D eigenvalue weighted by atomic mass is 10.4. The van der Waals surface area contributed by atoms with Gasteiger partial charge in [-0.15, -0.1) is 0 Å². The van der Waals surface area contributed by atoms with Gasteiger partial charge in [0.05, 0.1) is 13.2 Å². The van der Waals surface area contributed by atoms with Gasteiger partial charge in [0, 0.05) is 19.0 Å². The Balaban J connectivity index is 2.25. The van der Waals surface area contributed by atoms with E-state index in [4.69, 9.17) is 4.74 Å². The molecule has 0 unspecified atom stereocenters. The van der Waals surface area contributed by atoms with Gasteiger partial charge in [-0.2, -0.15) is 0 Å². The average molecular weight is 196 g/mol. The van der Waals surface area contributed by atoms with E-state index >= 15 is 0 Å². The Morgan fingerprint density at radius 3 is 3.07 bits per heavy atom. The largest absolute Gasteiger partial charge is 0.380 e. The first-order valence-electron chi connectivity index (χ1n) is 4.94. The number of hydrogen-bond acceptors (Lipinski definition) is 3. The molecule has 14 heavy (non-hydrogen) atoms. The molecule has 0 spiro atoms. The molecular formula is C10H16N2O2. The molecule has 78 valence electrons. The molecule has 0 saturated heterocycles. The van der Waals surface area contributed by atoms with Crippen molar-refractivity contribution in [1.29, 1.82) is 0 Å². The maximum atomic E-state index is 11.1.